The fraction of sp³-hybridized carbons (Fsp3) is 0.278. The Morgan fingerprint density at radius 2 is 1.82 bits per heavy atom. The minimum Gasteiger partial charge on any atom is -0.338 e. The molecule has 1 fully saturated rings. The minimum atomic E-state index is -3.51. The number of para-hydroxylation sites is 1. The molecule has 1 amide bonds. The SMILES string of the molecule is O=C(Cn1cnc2ccccc2c1=O)N1CCN(S(=O)(=O)c2cccs2)CC1. The number of hydrogen-bond acceptors (Lipinski definition) is 6. The Bertz CT molecular complexity index is 1160. The number of fused-ring (bicyclic) bond motifs is 1. The third-order valence-electron chi connectivity index (χ3n) is 4.72. The van der Waals surface area contributed by atoms with Gasteiger partial charge in [-0.1, -0.05) is 18.2 Å². The number of aromatic nitrogens is 2. The van der Waals surface area contributed by atoms with Crippen LogP contribution in [0.2, 0.25) is 0 Å². The van der Waals surface area contributed by atoms with Gasteiger partial charge in [-0.2, -0.15) is 4.31 Å². The molecule has 10 heteroatoms. The van der Waals surface area contributed by atoms with Gasteiger partial charge in [-0.05, 0) is 23.6 Å². The Labute approximate surface area is 165 Å². The molecule has 4 rings (SSSR count). The quantitative estimate of drug-likeness (QED) is 0.630. The van der Waals surface area contributed by atoms with Crippen molar-refractivity contribution < 1.29 is 13.2 Å². The molecule has 0 N–H and O–H groups in total. The largest absolute Gasteiger partial charge is 0.338 e. The average molecular weight is 419 g/mol. The van der Waals surface area contributed by atoms with Gasteiger partial charge >= 0.3 is 0 Å². The van der Waals surface area contributed by atoms with E-state index in [0.29, 0.717) is 28.2 Å². The number of hydrogen-bond donors (Lipinski definition) is 0. The van der Waals surface area contributed by atoms with Gasteiger partial charge in [0.05, 0.1) is 17.2 Å². The van der Waals surface area contributed by atoms with Gasteiger partial charge in [0.25, 0.3) is 15.6 Å². The third kappa shape index (κ3) is 3.46. The Morgan fingerprint density at radius 3 is 2.54 bits per heavy atom. The molecule has 1 aliphatic rings. The molecule has 8 nitrogen and oxygen atoms in total. The second-order valence-corrected chi connectivity index (χ2v) is 9.52. The van der Waals surface area contributed by atoms with Crippen LogP contribution in [0.4, 0.5) is 0 Å². The molecule has 3 aromatic rings. The monoisotopic (exact) mass is 418 g/mol. The number of thiophene rings is 1. The summed E-state index contributed by atoms with van der Waals surface area (Å²) in [6.07, 6.45) is 1.38. The summed E-state index contributed by atoms with van der Waals surface area (Å²) in [5.74, 6) is -0.229. The zero-order valence-corrected chi connectivity index (χ0v) is 16.5. The van der Waals surface area contributed by atoms with Crippen molar-refractivity contribution in [2.45, 2.75) is 10.8 Å². The van der Waals surface area contributed by atoms with Gasteiger partial charge in [0, 0.05) is 26.2 Å². The molecule has 3 heterocycles. The summed E-state index contributed by atoms with van der Waals surface area (Å²) in [7, 11) is -3.51. The molecular formula is C18H18N4O4S2. The average Bonchev–Trinajstić information content (AvgIpc) is 3.26. The maximum Gasteiger partial charge on any atom is 0.261 e. The number of carbonyl (C=O) groups excluding carboxylic acids is 1. The standard InChI is InChI=1S/C18H18N4O4S2/c23-16(12-21-13-19-15-5-2-1-4-14(15)18(21)24)20-7-9-22(10-8-20)28(25,26)17-6-3-11-27-17/h1-6,11,13H,7-10,12H2. The molecule has 0 radical (unpaired) electrons. The molecule has 28 heavy (non-hydrogen) atoms. The summed E-state index contributed by atoms with van der Waals surface area (Å²) < 4.78 is 28.1. The number of rotatable bonds is 4. The predicted molar refractivity (Wildman–Crippen MR) is 106 cm³/mol. The first kappa shape index (κ1) is 18.8. The van der Waals surface area contributed by atoms with Crippen LogP contribution in [0.3, 0.4) is 0 Å². The molecule has 0 atom stereocenters. The van der Waals surface area contributed by atoms with Gasteiger partial charge in [-0.15, -0.1) is 11.3 Å². The van der Waals surface area contributed by atoms with Crippen LogP contribution < -0.4 is 5.56 Å². The number of benzene rings is 1. The van der Waals surface area contributed by atoms with Crippen molar-refractivity contribution in [2.24, 2.45) is 0 Å². The third-order valence-corrected chi connectivity index (χ3v) is 7.99. The first-order valence-electron chi connectivity index (χ1n) is 8.72. The maximum atomic E-state index is 12.6. The van der Waals surface area contributed by atoms with E-state index in [2.05, 4.69) is 4.98 Å². The maximum absolute atomic E-state index is 12.6. The molecule has 0 aliphatic carbocycles. The van der Waals surface area contributed by atoms with E-state index in [1.807, 2.05) is 0 Å². The summed E-state index contributed by atoms with van der Waals surface area (Å²) >= 11 is 1.18. The number of piperazine rings is 1. The van der Waals surface area contributed by atoms with Crippen LogP contribution in [0.1, 0.15) is 0 Å². The predicted octanol–water partition coefficient (Wildman–Crippen LogP) is 0.991. The van der Waals surface area contributed by atoms with E-state index in [0.717, 1.165) is 0 Å². The van der Waals surface area contributed by atoms with Gasteiger partial charge in [0.15, 0.2) is 0 Å². The van der Waals surface area contributed by atoms with E-state index in [1.165, 1.54) is 26.5 Å². The van der Waals surface area contributed by atoms with Crippen molar-refractivity contribution in [1.29, 1.82) is 0 Å². The smallest absolute Gasteiger partial charge is 0.261 e. The molecule has 1 aliphatic heterocycles. The van der Waals surface area contributed by atoms with Crippen molar-refractivity contribution in [3.05, 3.63) is 58.5 Å². The molecule has 0 bridgehead atoms. The zero-order valence-electron chi connectivity index (χ0n) is 14.9. The van der Waals surface area contributed by atoms with Crippen LogP contribution in [-0.2, 0) is 21.4 Å². The lowest BCUT2D eigenvalue weighted by molar-refractivity contribution is -0.133. The van der Waals surface area contributed by atoms with Gasteiger partial charge in [-0.3, -0.25) is 14.2 Å². The Morgan fingerprint density at radius 1 is 1.07 bits per heavy atom. The Balaban J connectivity index is 1.44. The van der Waals surface area contributed by atoms with Crippen LogP contribution >= 0.6 is 11.3 Å². The molecular weight excluding hydrogens is 400 g/mol. The summed E-state index contributed by atoms with van der Waals surface area (Å²) in [6, 6.07) is 10.3. The fourth-order valence-corrected chi connectivity index (χ4v) is 5.75. The van der Waals surface area contributed by atoms with Gasteiger partial charge in [0.2, 0.25) is 5.91 Å². The van der Waals surface area contributed by atoms with E-state index < -0.39 is 10.0 Å². The van der Waals surface area contributed by atoms with E-state index in [9.17, 15) is 18.0 Å². The summed E-state index contributed by atoms with van der Waals surface area (Å²) in [4.78, 5) is 30.9. The minimum absolute atomic E-state index is 0.117. The molecule has 0 spiro atoms. The first-order chi connectivity index (χ1) is 13.5. The Hall–Kier alpha value is -2.56. The lowest BCUT2D eigenvalue weighted by atomic mass is 10.2. The molecule has 2 aromatic heterocycles. The van der Waals surface area contributed by atoms with Gasteiger partial charge in [0.1, 0.15) is 10.8 Å². The van der Waals surface area contributed by atoms with Crippen molar-refractivity contribution in [3.8, 4) is 0 Å². The zero-order chi connectivity index (χ0) is 19.7. The van der Waals surface area contributed by atoms with E-state index >= 15 is 0 Å². The van der Waals surface area contributed by atoms with Crippen LogP contribution in [0.15, 0.2) is 57.1 Å². The van der Waals surface area contributed by atoms with E-state index in [1.54, 1.807) is 46.7 Å². The van der Waals surface area contributed by atoms with Crippen LogP contribution in [0, 0.1) is 0 Å². The van der Waals surface area contributed by atoms with Crippen molar-refractivity contribution >= 4 is 38.2 Å². The number of amides is 1. The molecule has 1 saturated heterocycles. The highest BCUT2D eigenvalue weighted by molar-refractivity contribution is 7.91. The van der Waals surface area contributed by atoms with Crippen molar-refractivity contribution in [2.75, 3.05) is 26.2 Å². The molecule has 0 saturated carbocycles. The highest BCUT2D eigenvalue weighted by atomic mass is 32.2. The second-order valence-electron chi connectivity index (χ2n) is 6.41. The second kappa shape index (κ2) is 7.46. The van der Waals surface area contributed by atoms with E-state index in [4.69, 9.17) is 0 Å². The van der Waals surface area contributed by atoms with Crippen LogP contribution in [0.25, 0.3) is 10.9 Å². The highest BCUT2D eigenvalue weighted by Crippen LogP contribution is 2.22. The van der Waals surface area contributed by atoms with Crippen molar-refractivity contribution in [1.82, 2.24) is 18.8 Å². The number of nitrogens with zero attached hydrogens (tertiary/aromatic N) is 4. The molecule has 1 aromatic carbocycles. The fourth-order valence-electron chi connectivity index (χ4n) is 3.18. The van der Waals surface area contributed by atoms with Crippen molar-refractivity contribution in [3.63, 3.8) is 0 Å². The number of carbonyl (C=O) groups is 1. The summed E-state index contributed by atoms with van der Waals surface area (Å²) in [5, 5.41) is 2.19. The lowest BCUT2D eigenvalue weighted by Gasteiger charge is -2.33. The topological polar surface area (TPSA) is 92.6 Å². The first-order valence-corrected chi connectivity index (χ1v) is 11.0. The van der Waals surface area contributed by atoms with Gasteiger partial charge < -0.3 is 4.90 Å². The Kier molecular flexibility index (Phi) is 5.00. The van der Waals surface area contributed by atoms with Gasteiger partial charge in [-0.25, -0.2) is 13.4 Å². The normalized spacial score (nSPS) is 15.8. The van der Waals surface area contributed by atoms with E-state index in [-0.39, 0.29) is 31.1 Å². The highest BCUT2D eigenvalue weighted by Gasteiger charge is 2.30. The molecule has 0 unspecified atom stereocenters. The van der Waals surface area contributed by atoms with Crippen LogP contribution in [-0.4, -0.2) is 59.3 Å². The lowest BCUT2D eigenvalue weighted by Crippen LogP contribution is -2.51. The summed E-state index contributed by atoms with van der Waals surface area (Å²) in [5.41, 5.74) is 0.321. The van der Waals surface area contributed by atoms with Crippen LogP contribution in [0.5, 0.6) is 0 Å². The molecule has 146 valence electrons. The number of sulfonamides is 1. The summed E-state index contributed by atoms with van der Waals surface area (Å²) in [6.45, 7) is 0.931.